The van der Waals surface area contributed by atoms with Crippen molar-refractivity contribution in [2.75, 3.05) is 26.3 Å². The SMILES string of the molecule is Cc1cccc(C=CC(=O)NCc2ccc(CN3CCOCC3)cc2)c1. The molecule has 2 aromatic carbocycles. The van der Waals surface area contributed by atoms with E-state index < -0.39 is 0 Å². The second-order valence-electron chi connectivity index (χ2n) is 6.67. The molecule has 3 rings (SSSR count). The van der Waals surface area contributed by atoms with Crippen molar-refractivity contribution in [2.45, 2.75) is 20.0 Å². The Morgan fingerprint density at radius 2 is 1.85 bits per heavy atom. The second kappa shape index (κ2) is 9.32. The van der Waals surface area contributed by atoms with Crippen molar-refractivity contribution in [3.63, 3.8) is 0 Å². The minimum Gasteiger partial charge on any atom is -0.379 e. The summed E-state index contributed by atoms with van der Waals surface area (Å²) in [5, 5.41) is 2.93. The van der Waals surface area contributed by atoms with Crippen molar-refractivity contribution in [2.24, 2.45) is 0 Å². The average molecular weight is 350 g/mol. The molecule has 1 aliphatic rings. The molecule has 0 bridgehead atoms. The molecule has 0 aliphatic carbocycles. The van der Waals surface area contributed by atoms with E-state index >= 15 is 0 Å². The summed E-state index contributed by atoms with van der Waals surface area (Å²) < 4.78 is 5.38. The highest BCUT2D eigenvalue weighted by atomic mass is 16.5. The first-order valence-electron chi connectivity index (χ1n) is 9.09. The summed E-state index contributed by atoms with van der Waals surface area (Å²) in [6.45, 7) is 7.15. The smallest absolute Gasteiger partial charge is 0.244 e. The Labute approximate surface area is 155 Å². The number of benzene rings is 2. The normalized spacial score (nSPS) is 15.3. The van der Waals surface area contributed by atoms with Gasteiger partial charge in [0.15, 0.2) is 0 Å². The van der Waals surface area contributed by atoms with Gasteiger partial charge in [-0.3, -0.25) is 9.69 Å². The van der Waals surface area contributed by atoms with Crippen molar-refractivity contribution in [3.8, 4) is 0 Å². The molecular weight excluding hydrogens is 324 g/mol. The first-order valence-corrected chi connectivity index (χ1v) is 9.09. The molecule has 0 saturated carbocycles. The van der Waals surface area contributed by atoms with Crippen LogP contribution in [0.1, 0.15) is 22.3 Å². The number of nitrogens with one attached hydrogen (secondary N) is 1. The van der Waals surface area contributed by atoms with E-state index in [2.05, 4.69) is 40.5 Å². The van der Waals surface area contributed by atoms with E-state index in [1.165, 1.54) is 11.1 Å². The fourth-order valence-corrected chi connectivity index (χ4v) is 2.97. The number of morpholine rings is 1. The van der Waals surface area contributed by atoms with E-state index in [0.717, 1.165) is 44.0 Å². The first-order chi connectivity index (χ1) is 12.7. The molecule has 0 aromatic heterocycles. The third kappa shape index (κ3) is 5.83. The molecule has 4 heteroatoms. The number of nitrogens with zero attached hydrogens (tertiary/aromatic N) is 1. The van der Waals surface area contributed by atoms with Crippen molar-refractivity contribution in [1.82, 2.24) is 10.2 Å². The van der Waals surface area contributed by atoms with E-state index in [4.69, 9.17) is 4.74 Å². The van der Waals surface area contributed by atoms with Crippen molar-refractivity contribution < 1.29 is 9.53 Å². The maximum atomic E-state index is 12.0. The molecule has 2 aromatic rings. The summed E-state index contributed by atoms with van der Waals surface area (Å²) in [4.78, 5) is 14.4. The van der Waals surface area contributed by atoms with Crippen LogP contribution in [0.4, 0.5) is 0 Å². The van der Waals surface area contributed by atoms with Gasteiger partial charge in [0.2, 0.25) is 5.91 Å². The van der Waals surface area contributed by atoms with Crippen LogP contribution in [0, 0.1) is 6.92 Å². The van der Waals surface area contributed by atoms with Gasteiger partial charge in [-0.25, -0.2) is 0 Å². The van der Waals surface area contributed by atoms with Gasteiger partial charge >= 0.3 is 0 Å². The first kappa shape index (κ1) is 18.4. The molecule has 1 aliphatic heterocycles. The van der Waals surface area contributed by atoms with Crippen LogP contribution in [0.15, 0.2) is 54.6 Å². The molecule has 26 heavy (non-hydrogen) atoms. The number of hydrogen-bond acceptors (Lipinski definition) is 3. The number of ether oxygens (including phenoxy) is 1. The highest BCUT2D eigenvalue weighted by Gasteiger charge is 2.10. The van der Waals surface area contributed by atoms with Gasteiger partial charge in [-0.15, -0.1) is 0 Å². The fraction of sp³-hybridized carbons (Fsp3) is 0.318. The predicted octanol–water partition coefficient (Wildman–Crippen LogP) is 3.16. The van der Waals surface area contributed by atoms with Crippen LogP contribution in [0.3, 0.4) is 0 Å². The van der Waals surface area contributed by atoms with Gasteiger partial charge in [0, 0.05) is 32.3 Å². The van der Waals surface area contributed by atoms with Crippen molar-refractivity contribution in [1.29, 1.82) is 0 Å². The summed E-state index contributed by atoms with van der Waals surface area (Å²) in [6.07, 6.45) is 3.43. The lowest BCUT2D eigenvalue weighted by molar-refractivity contribution is -0.116. The third-order valence-electron chi connectivity index (χ3n) is 4.47. The van der Waals surface area contributed by atoms with Gasteiger partial charge in [0.1, 0.15) is 0 Å². The minimum atomic E-state index is -0.0797. The topological polar surface area (TPSA) is 41.6 Å². The Bertz CT molecular complexity index is 747. The molecule has 1 fully saturated rings. The molecule has 0 unspecified atom stereocenters. The largest absolute Gasteiger partial charge is 0.379 e. The van der Waals surface area contributed by atoms with Gasteiger partial charge in [0.25, 0.3) is 0 Å². The highest BCUT2D eigenvalue weighted by Crippen LogP contribution is 2.09. The number of carbonyl (C=O) groups is 1. The number of amides is 1. The molecule has 0 atom stereocenters. The second-order valence-corrected chi connectivity index (χ2v) is 6.67. The molecule has 0 radical (unpaired) electrons. The standard InChI is InChI=1S/C22H26N2O2/c1-18-3-2-4-19(15-18)9-10-22(25)23-16-20-5-7-21(8-6-20)17-24-11-13-26-14-12-24/h2-10,15H,11-14,16-17H2,1H3,(H,23,25). The van der Waals surface area contributed by atoms with Gasteiger partial charge in [-0.2, -0.15) is 0 Å². The van der Waals surface area contributed by atoms with Crippen molar-refractivity contribution >= 4 is 12.0 Å². The Morgan fingerprint density at radius 3 is 2.58 bits per heavy atom. The quantitative estimate of drug-likeness (QED) is 0.814. The molecule has 136 valence electrons. The summed E-state index contributed by atoms with van der Waals surface area (Å²) in [5.41, 5.74) is 4.62. The number of aryl methyl sites for hydroxylation is 1. The van der Waals surface area contributed by atoms with Crippen molar-refractivity contribution in [3.05, 3.63) is 76.9 Å². The van der Waals surface area contributed by atoms with Crippen LogP contribution >= 0.6 is 0 Å². The van der Waals surface area contributed by atoms with Crippen LogP contribution < -0.4 is 5.32 Å². The maximum absolute atomic E-state index is 12.0. The Balaban J connectivity index is 1.45. The van der Waals surface area contributed by atoms with E-state index in [9.17, 15) is 4.79 Å². The van der Waals surface area contributed by atoms with Gasteiger partial charge in [-0.05, 0) is 29.7 Å². The summed E-state index contributed by atoms with van der Waals surface area (Å²) in [6, 6.07) is 16.5. The number of hydrogen-bond donors (Lipinski definition) is 1. The number of carbonyl (C=O) groups excluding carboxylic acids is 1. The molecule has 1 amide bonds. The Kier molecular flexibility index (Phi) is 6.58. The zero-order valence-corrected chi connectivity index (χ0v) is 15.3. The Morgan fingerprint density at radius 1 is 1.12 bits per heavy atom. The van der Waals surface area contributed by atoms with E-state index in [0.29, 0.717) is 6.54 Å². The predicted molar refractivity (Wildman–Crippen MR) is 105 cm³/mol. The molecule has 0 spiro atoms. The third-order valence-corrected chi connectivity index (χ3v) is 4.47. The van der Waals surface area contributed by atoms with Crippen LogP contribution in [0.2, 0.25) is 0 Å². The van der Waals surface area contributed by atoms with E-state index in [1.54, 1.807) is 6.08 Å². The van der Waals surface area contributed by atoms with Gasteiger partial charge in [-0.1, -0.05) is 54.1 Å². The number of rotatable bonds is 6. The summed E-state index contributed by atoms with van der Waals surface area (Å²) in [5.74, 6) is -0.0797. The lowest BCUT2D eigenvalue weighted by atomic mass is 10.1. The molecular formula is C22H26N2O2. The Hall–Kier alpha value is -2.43. The molecule has 1 N–H and O–H groups in total. The van der Waals surface area contributed by atoms with Crippen LogP contribution in [0.5, 0.6) is 0 Å². The summed E-state index contributed by atoms with van der Waals surface area (Å²) >= 11 is 0. The summed E-state index contributed by atoms with van der Waals surface area (Å²) in [7, 11) is 0. The fourth-order valence-electron chi connectivity index (χ4n) is 2.97. The van der Waals surface area contributed by atoms with E-state index in [1.807, 2.05) is 31.2 Å². The van der Waals surface area contributed by atoms with Gasteiger partial charge < -0.3 is 10.1 Å². The zero-order chi connectivity index (χ0) is 18.2. The van der Waals surface area contributed by atoms with Gasteiger partial charge in [0.05, 0.1) is 13.2 Å². The minimum absolute atomic E-state index is 0.0797. The van der Waals surface area contributed by atoms with Crippen LogP contribution in [-0.4, -0.2) is 37.1 Å². The van der Waals surface area contributed by atoms with E-state index in [-0.39, 0.29) is 5.91 Å². The molecule has 1 heterocycles. The van der Waals surface area contributed by atoms with Crippen LogP contribution in [0.25, 0.3) is 6.08 Å². The molecule has 4 nitrogen and oxygen atoms in total. The lowest BCUT2D eigenvalue weighted by Gasteiger charge is -2.26. The maximum Gasteiger partial charge on any atom is 0.244 e. The monoisotopic (exact) mass is 350 g/mol. The highest BCUT2D eigenvalue weighted by molar-refractivity contribution is 5.91. The molecule has 1 saturated heterocycles. The average Bonchev–Trinajstić information content (AvgIpc) is 2.67. The van der Waals surface area contributed by atoms with Crippen LogP contribution in [-0.2, 0) is 22.6 Å². The zero-order valence-electron chi connectivity index (χ0n) is 15.3. The lowest BCUT2D eigenvalue weighted by Crippen LogP contribution is -2.35.